The molecule has 0 fully saturated rings. The Balaban J connectivity index is 1.24. The summed E-state index contributed by atoms with van der Waals surface area (Å²) in [5, 5.41) is 1.11. The van der Waals surface area contributed by atoms with Gasteiger partial charge in [-0.25, -0.2) is 0 Å². The topological polar surface area (TPSA) is 65.1 Å². The summed E-state index contributed by atoms with van der Waals surface area (Å²) < 4.78 is 0. The molecule has 0 radical (unpaired) electrons. The Kier molecular flexibility index (Phi) is 11.4. The van der Waals surface area contributed by atoms with Crippen LogP contribution in [0, 0.1) is 13.8 Å². The minimum absolute atomic E-state index is 0.0677. The first kappa shape index (κ1) is 37.5. The maximum atomic E-state index is 14.0. The Morgan fingerprint density at radius 2 is 1.18 bits per heavy atom. The Hall–Kier alpha value is -5.85. The van der Waals surface area contributed by atoms with Gasteiger partial charge in [-0.2, -0.15) is 0 Å². The lowest BCUT2D eigenvalue weighted by Gasteiger charge is -2.31. The highest BCUT2D eigenvalue weighted by molar-refractivity contribution is 6.00. The Labute approximate surface area is 325 Å². The zero-order valence-electron chi connectivity index (χ0n) is 32.9. The number of aromatic amines is 1. The van der Waals surface area contributed by atoms with Crippen molar-refractivity contribution in [1.82, 2.24) is 24.8 Å². The molecule has 0 bridgehead atoms. The molecular formula is C49H51N5O. The first-order chi connectivity index (χ1) is 26.6. The van der Waals surface area contributed by atoms with Crippen LogP contribution in [0.15, 0.2) is 134 Å². The van der Waals surface area contributed by atoms with Gasteiger partial charge in [0.2, 0.25) is 0 Å². The van der Waals surface area contributed by atoms with E-state index in [4.69, 9.17) is 0 Å². The number of amides is 1. The summed E-state index contributed by atoms with van der Waals surface area (Å²) >= 11 is 0. The van der Waals surface area contributed by atoms with Crippen LogP contribution in [0.1, 0.15) is 65.9 Å². The largest absolute Gasteiger partial charge is 0.354 e. The van der Waals surface area contributed by atoms with Gasteiger partial charge in [0, 0.05) is 78.7 Å². The molecule has 6 nitrogen and oxygen atoms in total. The van der Waals surface area contributed by atoms with Crippen molar-refractivity contribution in [2.24, 2.45) is 0 Å². The highest BCUT2D eigenvalue weighted by atomic mass is 16.2. The fraction of sp³-hybridized carbons (Fsp3) is 0.245. The highest BCUT2D eigenvalue weighted by Gasteiger charge is 2.23. The standard InChI is InChI=1S/C49H51N5O/c1-33(2)54(34(3)4)49(55)41-19-20-47-46(28-41)45(48(52-47)44-26-35(5)25-36(6)27-44)21-24-53(31-37-11-15-39(16-12-37)42-9-7-22-50-29-42)32-38-13-17-40(18-14-38)43-10-8-23-51-30-43/h7-20,22-23,25-30,33-34,52H,21,24,31-32H2,1-6H3. The predicted molar refractivity (Wildman–Crippen MR) is 227 cm³/mol. The van der Waals surface area contributed by atoms with E-state index in [-0.39, 0.29) is 18.0 Å². The molecule has 0 aliphatic rings. The maximum absolute atomic E-state index is 14.0. The summed E-state index contributed by atoms with van der Waals surface area (Å²) in [5.41, 5.74) is 14.8. The van der Waals surface area contributed by atoms with Crippen molar-refractivity contribution in [3.8, 4) is 33.5 Å². The minimum atomic E-state index is 0.0677. The van der Waals surface area contributed by atoms with Crippen LogP contribution in [-0.4, -0.2) is 49.3 Å². The number of carbonyl (C=O) groups is 1. The molecule has 6 heteroatoms. The van der Waals surface area contributed by atoms with Gasteiger partial charge < -0.3 is 9.88 Å². The van der Waals surface area contributed by atoms with Gasteiger partial charge in [0.1, 0.15) is 0 Å². The molecule has 7 aromatic rings. The summed E-state index contributed by atoms with van der Waals surface area (Å²) in [6.07, 6.45) is 8.24. The van der Waals surface area contributed by atoms with Crippen LogP contribution in [0.4, 0.5) is 0 Å². The quantitative estimate of drug-likeness (QED) is 0.129. The van der Waals surface area contributed by atoms with Gasteiger partial charge in [0.05, 0.1) is 0 Å². The van der Waals surface area contributed by atoms with Gasteiger partial charge in [0.15, 0.2) is 0 Å². The van der Waals surface area contributed by atoms with Crippen LogP contribution >= 0.6 is 0 Å². The van der Waals surface area contributed by atoms with E-state index in [1.54, 1.807) is 0 Å². The average molecular weight is 726 g/mol. The third-order valence-electron chi connectivity index (χ3n) is 10.4. The Bertz CT molecular complexity index is 2250. The number of nitrogens with one attached hydrogen (secondary N) is 1. The number of hydrogen-bond donors (Lipinski definition) is 1. The van der Waals surface area contributed by atoms with E-state index in [0.29, 0.717) is 0 Å². The lowest BCUT2D eigenvalue weighted by atomic mass is 9.98. The van der Waals surface area contributed by atoms with Crippen LogP contribution in [0.2, 0.25) is 0 Å². The lowest BCUT2D eigenvalue weighted by Crippen LogP contribution is -2.42. The molecule has 0 saturated carbocycles. The van der Waals surface area contributed by atoms with E-state index >= 15 is 0 Å². The second kappa shape index (κ2) is 16.7. The van der Waals surface area contributed by atoms with Crippen molar-refractivity contribution in [3.05, 3.63) is 167 Å². The molecule has 0 atom stereocenters. The molecule has 7 rings (SSSR count). The fourth-order valence-corrected chi connectivity index (χ4v) is 7.89. The molecule has 278 valence electrons. The van der Waals surface area contributed by atoms with Crippen molar-refractivity contribution in [3.63, 3.8) is 0 Å². The number of rotatable bonds is 13. The molecule has 3 aromatic heterocycles. The van der Waals surface area contributed by atoms with Gasteiger partial charge in [-0.1, -0.05) is 77.9 Å². The van der Waals surface area contributed by atoms with Crippen LogP contribution < -0.4 is 0 Å². The monoisotopic (exact) mass is 725 g/mol. The zero-order valence-corrected chi connectivity index (χ0v) is 32.9. The Morgan fingerprint density at radius 1 is 0.636 bits per heavy atom. The molecular weight excluding hydrogens is 675 g/mol. The van der Waals surface area contributed by atoms with Crippen LogP contribution in [0.25, 0.3) is 44.4 Å². The van der Waals surface area contributed by atoms with E-state index in [2.05, 4.69) is 152 Å². The van der Waals surface area contributed by atoms with Gasteiger partial charge in [-0.05, 0) is 135 Å². The van der Waals surface area contributed by atoms with Crippen LogP contribution in [-0.2, 0) is 19.5 Å². The van der Waals surface area contributed by atoms with E-state index in [0.717, 1.165) is 70.5 Å². The number of hydrogen-bond acceptors (Lipinski definition) is 4. The average Bonchev–Trinajstić information content (AvgIpc) is 3.55. The van der Waals surface area contributed by atoms with Crippen LogP contribution in [0.5, 0.6) is 0 Å². The molecule has 0 aliphatic carbocycles. The molecule has 3 heterocycles. The van der Waals surface area contributed by atoms with Gasteiger partial charge >= 0.3 is 0 Å². The summed E-state index contributed by atoms with van der Waals surface area (Å²) in [7, 11) is 0. The van der Waals surface area contributed by atoms with Gasteiger partial charge in [0.25, 0.3) is 5.91 Å². The fourth-order valence-electron chi connectivity index (χ4n) is 7.89. The molecule has 1 N–H and O–H groups in total. The number of carbonyl (C=O) groups excluding carboxylic acids is 1. The van der Waals surface area contributed by atoms with Crippen molar-refractivity contribution >= 4 is 16.8 Å². The summed E-state index contributed by atoms with van der Waals surface area (Å²) in [6, 6.07) is 39.0. The molecule has 0 spiro atoms. The van der Waals surface area contributed by atoms with Gasteiger partial charge in [-0.15, -0.1) is 0 Å². The number of aromatic nitrogens is 3. The third-order valence-corrected chi connectivity index (χ3v) is 10.4. The second-order valence-corrected chi connectivity index (χ2v) is 15.4. The maximum Gasteiger partial charge on any atom is 0.254 e. The third kappa shape index (κ3) is 8.77. The van der Waals surface area contributed by atoms with E-state index in [1.807, 2.05) is 47.9 Å². The normalized spacial score (nSPS) is 11.6. The van der Waals surface area contributed by atoms with Crippen molar-refractivity contribution < 1.29 is 4.79 Å². The number of aryl methyl sites for hydroxylation is 2. The molecule has 0 aliphatic heterocycles. The summed E-state index contributed by atoms with van der Waals surface area (Å²) in [4.78, 5) is 30.9. The molecule has 1 amide bonds. The number of H-pyrrole nitrogens is 1. The number of nitrogens with zero attached hydrogens (tertiary/aromatic N) is 4. The lowest BCUT2D eigenvalue weighted by molar-refractivity contribution is 0.0644. The smallest absolute Gasteiger partial charge is 0.254 e. The number of benzene rings is 4. The van der Waals surface area contributed by atoms with Crippen molar-refractivity contribution in [2.45, 2.75) is 73.1 Å². The molecule has 0 unspecified atom stereocenters. The second-order valence-electron chi connectivity index (χ2n) is 15.4. The summed E-state index contributed by atoms with van der Waals surface area (Å²) in [5.74, 6) is 0.0677. The first-order valence-corrected chi connectivity index (χ1v) is 19.4. The molecule has 0 saturated heterocycles. The SMILES string of the molecule is Cc1cc(C)cc(-c2[nH]c3ccc(C(=O)N(C(C)C)C(C)C)cc3c2CCN(Cc2ccc(-c3cccnc3)cc2)Cc2ccc(-c3cccnc3)cc2)c1. The zero-order chi connectivity index (χ0) is 38.5. The first-order valence-electron chi connectivity index (χ1n) is 19.4. The van der Waals surface area contributed by atoms with E-state index in [1.165, 1.54) is 33.4 Å². The Morgan fingerprint density at radius 3 is 1.67 bits per heavy atom. The highest BCUT2D eigenvalue weighted by Crippen LogP contribution is 2.34. The molecule has 55 heavy (non-hydrogen) atoms. The van der Waals surface area contributed by atoms with E-state index in [9.17, 15) is 4.79 Å². The predicted octanol–water partition coefficient (Wildman–Crippen LogP) is 11.1. The number of fused-ring (bicyclic) bond motifs is 1. The summed E-state index contributed by atoms with van der Waals surface area (Å²) in [6.45, 7) is 15.1. The minimum Gasteiger partial charge on any atom is -0.354 e. The van der Waals surface area contributed by atoms with Crippen molar-refractivity contribution in [2.75, 3.05) is 6.54 Å². The number of pyridine rings is 2. The molecule has 4 aromatic carbocycles. The van der Waals surface area contributed by atoms with Crippen LogP contribution in [0.3, 0.4) is 0 Å². The van der Waals surface area contributed by atoms with E-state index < -0.39 is 0 Å². The van der Waals surface area contributed by atoms with Crippen molar-refractivity contribution in [1.29, 1.82) is 0 Å². The van der Waals surface area contributed by atoms with Gasteiger partial charge in [-0.3, -0.25) is 19.7 Å².